The van der Waals surface area contributed by atoms with Crippen LogP contribution in [-0.4, -0.2) is 15.4 Å². The Balaban J connectivity index is 2.46. The third kappa shape index (κ3) is 0.639. The fourth-order valence-electron chi connectivity index (χ4n) is 1.60. The molecule has 0 bridgehead atoms. The summed E-state index contributed by atoms with van der Waals surface area (Å²) in [7, 11) is 0. The average Bonchev–Trinajstić information content (AvgIpc) is 2.52. The first-order valence-corrected chi connectivity index (χ1v) is 4.74. The number of hydrogen-bond donors (Lipinski definition) is 1. The molecule has 3 heteroatoms. The summed E-state index contributed by atoms with van der Waals surface area (Å²) in [5.74, 6) is 1.24. The monoisotopic (exact) mass is 164 g/mol. The van der Waals surface area contributed by atoms with Gasteiger partial charge >= 0.3 is 0 Å². The van der Waals surface area contributed by atoms with Crippen LogP contribution in [0.4, 0.5) is 0 Å². The molecule has 1 aliphatic heterocycles. The van der Waals surface area contributed by atoms with Crippen LogP contribution < -0.4 is 0 Å². The largest absolute Gasteiger partial charge is 0.297 e. The molecule has 2 aromatic heterocycles. The van der Waals surface area contributed by atoms with Crippen molar-refractivity contribution >= 4 is 17.3 Å². The Bertz CT molecular complexity index is 399. The predicted molar refractivity (Wildman–Crippen MR) is 46.2 cm³/mol. The van der Waals surface area contributed by atoms with Crippen LogP contribution in [0, 0.1) is 0 Å². The molecule has 3 heterocycles. The minimum Gasteiger partial charge on any atom is -0.297 e. The lowest BCUT2D eigenvalue weighted by molar-refractivity contribution is 0.910. The Morgan fingerprint density at radius 1 is 1.55 bits per heavy atom. The van der Waals surface area contributed by atoms with E-state index in [-0.39, 0.29) is 0 Å². The highest BCUT2D eigenvalue weighted by Crippen LogP contribution is 2.34. The fraction of sp³-hybridized carbons (Fsp3) is 0.250. The van der Waals surface area contributed by atoms with Crippen molar-refractivity contribution < 1.29 is 0 Å². The first kappa shape index (κ1) is 5.77. The third-order valence-electron chi connectivity index (χ3n) is 2.11. The number of aromatic amines is 1. The molecular formula is C8H8N2S. The molecule has 3 rings (SSSR count). The lowest BCUT2D eigenvalue weighted by Gasteiger charge is -1.86. The Morgan fingerprint density at radius 3 is 3.55 bits per heavy atom. The van der Waals surface area contributed by atoms with Gasteiger partial charge in [0.1, 0.15) is 0 Å². The first-order chi connectivity index (χ1) is 5.45. The van der Waals surface area contributed by atoms with E-state index in [4.69, 9.17) is 0 Å². The minimum atomic E-state index is 1.20. The highest BCUT2D eigenvalue weighted by atomic mass is 32.2. The second-order valence-corrected chi connectivity index (χ2v) is 3.89. The molecule has 1 N–H and O–H groups in total. The van der Waals surface area contributed by atoms with Gasteiger partial charge in [-0.3, -0.25) is 9.61 Å². The van der Waals surface area contributed by atoms with Crippen molar-refractivity contribution in [3.8, 4) is 0 Å². The Labute approximate surface area is 68.6 Å². The summed E-state index contributed by atoms with van der Waals surface area (Å²) < 4.78 is 2.09. The number of hydrogen-bond acceptors (Lipinski definition) is 1. The smallest absolute Gasteiger partial charge is 0.0777 e. The van der Waals surface area contributed by atoms with Gasteiger partial charge in [0, 0.05) is 17.6 Å². The summed E-state index contributed by atoms with van der Waals surface area (Å²) in [6.45, 7) is 0. The first-order valence-electron chi connectivity index (χ1n) is 3.76. The SMILES string of the molecule is c1cc2c3c([nH]n2c1)CCS3. The second kappa shape index (κ2) is 1.85. The van der Waals surface area contributed by atoms with E-state index in [1.54, 1.807) is 0 Å². The Morgan fingerprint density at radius 2 is 2.55 bits per heavy atom. The van der Waals surface area contributed by atoms with E-state index >= 15 is 0 Å². The maximum atomic E-state index is 3.35. The van der Waals surface area contributed by atoms with E-state index in [2.05, 4.69) is 27.9 Å². The van der Waals surface area contributed by atoms with Gasteiger partial charge < -0.3 is 0 Å². The molecule has 0 aliphatic carbocycles. The van der Waals surface area contributed by atoms with Crippen molar-refractivity contribution in [1.29, 1.82) is 0 Å². The summed E-state index contributed by atoms with van der Waals surface area (Å²) in [6, 6.07) is 4.23. The molecule has 11 heavy (non-hydrogen) atoms. The average molecular weight is 164 g/mol. The van der Waals surface area contributed by atoms with Gasteiger partial charge in [0.15, 0.2) is 0 Å². The molecule has 0 atom stereocenters. The van der Waals surface area contributed by atoms with Gasteiger partial charge in [-0.15, -0.1) is 11.8 Å². The molecule has 56 valence electrons. The molecule has 0 fully saturated rings. The number of aromatic nitrogens is 2. The molecule has 0 spiro atoms. The summed E-state index contributed by atoms with van der Waals surface area (Å²) >= 11 is 1.96. The molecule has 0 saturated carbocycles. The topological polar surface area (TPSA) is 20.2 Å². The number of rotatable bonds is 0. The zero-order valence-corrected chi connectivity index (χ0v) is 6.82. The second-order valence-electron chi connectivity index (χ2n) is 2.78. The van der Waals surface area contributed by atoms with E-state index in [9.17, 15) is 0 Å². The molecule has 0 amide bonds. The van der Waals surface area contributed by atoms with Gasteiger partial charge in [-0.1, -0.05) is 0 Å². The highest BCUT2D eigenvalue weighted by Gasteiger charge is 2.16. The van der Waals surface area contributed by atoms with E-state index in [0.29, 0.717) is 0 Å². The zero-order chi connectivity index (χ0) is 7.26. The van der Waals surface area contributed by atoms with Crippen LogP contribution in [0.3, 0.4) is 0 Å². The number of H-pyrrole nitrogens is 1. The van der Waals surface area contributed by atoms with Crippen LogP contribution in [0.15, 0.2) is 23.2 Å². The van der Waals surface area contributed by atoms with Gasteiger partial charge in [0.2, 0.25) is 0 Å². The molecule has 1 aliphatic rings. The van der Waals surface area contributed by atoms with Crippen molar-refractivity contribution in [3.63, 3.8) is 0 Å². The van der Waals surface area contributed by atoms with E-state index < -0.39 is 0 Å². The van der Waals surface area contributed by atoms with Crippen LogP contribution in [-0.2, 0) is 6.42 Å². The van der Waals surface area contributed by atoms with E-state index in [1.807, 2.05) is 11.8 Å². The van der Waals surface area contributed by atoms with Gasteiger partial charge in [-0.05, 0) is 18.6 Å². The maximum absolute atomic E-state index is 3.35. The quantitative estimate of drug-likeness (QED) is 0.630. The van der Waals surface area contributed by atoms with Crippen molar-refractivity contribution in [2.45, 2.75) is 11.3 Å². The predicted octanol–water partition coefficient (Wildman–Crippen LogP) is 1.92. The summed E-state index contributed by atoms with van der Waals surface area (Å²) in [4.78, 5) is 1.45. The van der Waals surface area contributed by atoms with Gasteiger partial charge in [-0.25, -0.2) is 0 Å². The summed E-state index contributed by atoms with van der Waals surface area (Å²) in [6.07, 6.45) is 3.26. The van der Waals surface area contributed by atoms with Gasteiger partial charge in [0.05, 0.1) is 10.4 Å². The van der Waals surface area contributed by atoms with Crippen molar-refractivity contribution in [1.82, 2.24) is 9.61 Å². The maximum Gasteiger partial charge on any atom is 0.0777 e. The lowest BCUT2D eigenvalue weighted by atomic mass is 10.3. The molecule has 0 radical (unpaired) electrons. The van der Waals surface area contributed by atoms with Gasteiger partial charge in [0.25, 0.3) is 0 Å². The number of fused-ring (bicyclic) bond motifs is 3. The van der Waals surface area contributed by atoms with Gasteiger partial charge in [-0.2, -0.15) is 0 Å². The third-order valence-corrected chi connectivity index (χ3v) is 3.26. The van der Waals surface area contributed by atoms with Crippen LogP contribution in [0.1, 0.15) is 5.69 Å². The van der Waals surface area contributed by atoms with Crippen LogP contribution in [0.5, 0.6) is 0 Å². The molecule has 2 aromatic rings. The molecule has 0 unspecified atom stereocenters. The summed E-state index contributed by atoms with van der Waals surface area (Å²) in [5, 5.41) is 3.35. The van der Waals surface area contributed by atoms with Crippen molar-refractivity contribution in [3.05, 3.63) is 24.0 Å². The number of nitrogens with zero attached hydrogens (tertiary/aromatic N) is 1. The number of nitrogens with one attached hydrogen (secondary N) is 1. The van der Waals surface area contributed by atoms with Crippen LogP contribution >= 0.6 is 11.8 Å². The molecule has 2 nitrogen and oxygen atoms in total. The minimum absolute atomic E-state index is 1.20. The van der Waals surface area contributed by atoms with Crippen LogP contribution in [0.25, 0.3) is 5.52 Å². The fourth-order valence-corrected chi connectivity index (χ4v) is 2.75. The number of thioether (sulfide) groups is 1. The highest BCUT2D eigenvalue weighted by molar-refractivity contribution is 7.99. The summed E-state index contributed by atoms with van der Waals surface area (Å²) in [5.41, 5.74) is 2.74. The van der Waals surface area contributed by atoms with Crippen LogP contribution in [0.2, 0.25) is 0 Å². The normalized spacial score (nSPS) is 16.0. The van der Waals surface area contributed by atoms with E-state index in [1.165, 1.54) is 28.3 Å². The Kier molecular flexibility index (Phi) is 0.973. The molecule has 0 aromatic carbocycles. The lowest BCUT2D eigenvalue weighted by Crippen LogP contribution is -1.85. The van der Waals surface area contributed by atoms with Crippen molar-refractivity contribution in [2.75, 3.05) is 5.75 Å². The number of aryl methyl sites for hydroxylation is 1. The van der Waals surface area contributed by atoms with E-state index in [0.717, 1.165) is 0 Å². The zero-order valence-electron chi connectivity index (χ0n) is 6.00. The molecular weight excluding hydrogens is 156 g/mol. The molecule has 0 saturated heterocycles. The standard InChI is InChI=1S/C8H8N2S/c1-2-7-8-6(3-5-11-8)9-10(7)4-1/h1-2,4,9H,3,5H2. The Hall–Kier alpha value is -0.830. The van der Waals surface area contributed by atoms with Crippen molar-refractivity contribution in [2.24, 2.45) is 0 Å².